The number of halogens is 2. The van der Waals surface area contributed by atoms with Crippen LogP contribution in [0.1, 0.15) is 29.0 Å². The van der Waals surface area contributed by atoms with Crippen molar-refractivity contribution in [3.63, 3.8) is 0 Å². The van der Waals surface area contributed by atoms with Crippen molar-refractivity contribution in [1.82, 2.24) is 30.5 Å². The van der Waals surface area contributed by atoms with Gasteiger partial charge in [-0.3, -0.25) is 9.78 Å². The van der Waals surface area contributed by atoms with E-state index < -0.39 is 0 Å². The molecule has 1 amide bonds. The van der Waals surface area contributed by atoms with Gasteiger partial charge in [-0.15, -0.1) is 5.10 Å². The lowest BCUT2D eigenvalue weighted by atomic mass is 10.0. The van der Waals surface area contributed by atoms with Crippen molar-refractivity contribution < 1.29 is 4.79 Å². The van der Waals surface area contributed by atoms with Crippen LogP contribution >= 0.6 is 23.2 Å². The SMILES string of the molecule is CC(NC(=O)c1cc(-c2ccc(Cl)cc2Cl)cc(-n2cnnn2)c1)c1ccccn1. The number of pyridine rings is 1. The molecule has 9 heteroatoms. The molecule has 30 heavy (non-hydrogen) atoms. The first-order valence-corrected chi connectivity index (χ1v) is 9.82. The molecule has 4 rings (SSSR count). The largest absolute Gasteiger partial charge is 0.344 e. The monoisotopic (exact) mass is 438 g/mol. The summed E-state index contributed by atoms with van der Waals surface area (Å²) in [6.45, 7) is 1.88. The molecule has 7 nitrogen and oxygen atoms in total. The van der Waals surface area contributed by atoms with Crippen molar-refractivity contribution >= 4 is 29.1 Å². The molecule has 1 atom stereocenters. The smallest absolute Gasteiger partial charge is 0.251 e. The van der Waals surface area contributed by atoms with Gasteiger partial charge in [-0.2, -0.15) is 0 Å². The molecule has 0 fully saturated rings. The number of carbonyl (C=O) groups is 1. The summed E-state index contributed by atoms with van der Waals surface area (Å²) < 4.78 is 1.48. The summed E-state index contributed by atoms with van der Waals surface area (Å²) in [6.07, 6.45) is 3.15. The minimum Gasteiger partial charge on any atom is -0.344 e. The van der Waals surface area contributed by atoms with E-state index >= 15 is 0 Å². The maximum absolute atomic E-state index is 13.0. The van der Waals surface area contributed by atoms with Crippen LogP contribution in [0, 0.1) is 0 Å². The van der Waals surface area contributed by atoms with Crippen LogP contribution in [0.2, 0.25) is 10.0 Å². The van der Waals surface area contributed by atoms with E-state index in [1.807, 2.05) is 37.3 Å². The molecule has 4 aromatic rings. The molecule has 0 aliphatic carbocycles. The molecule has 0 saturated heterocycles. The summed E-state index contributed by atoms with van der Waals surface area (Å²) in [4.78, 5) is 17.3. The van der Waals surface area contributed by atoms with Crippen LogP contribution in [0.4, 0.5) is 0 Å². The van der Waals surface area contributed by atoms with E-state index in [1.165, 1.54) is 11.0 Å². The van der Waals surface area contributed by atoms with E-state index in [1.54, 1.807) is 30.5 Å². The summed E-state index contributed by atoms with van der Waals surface area (Å²) in [7, 11) is 0. The number of nitrogens with one attached hydrogen (secondary N) is 1. The maximum atomic E-state index is 13.0. The van der Waals surface area contributed by atoms with Gasteiger partial charge in [0.1, 0.15) is 6.33 Å². The molecule has 2 aromatic heterocycles. The van der Waals surface area contributed by atoms with Crippen LogP contribution in [0.5, 0.6) is 0 Å². The average Bonchev–Trinajstić information content (AvgIpc) is 3.29. The molecule has 150 valence electrons. The van der Waals surface area contributed by atoms with Gasteiger partial charge in [-0.1, -0.05) is 35.3 Å². The molecule has 0 aliphatic rings. The molecule has 1 unspecified atom stereocenters. The molecule has 0 bridgehead atoms. The summed E-state index contributed by atoms with van der Waals surface area (Å²) in [5.74, 6) is -0.255. The Hall–Kier alpha value is -3.29. The lowest BCUT2D eigenvalue weighted by Gasteiger charge is -2.15. The highest BCUT2D eigenvalue weighted by Gasteiger charge is 2.16. The zero-order chi connectivity index (χ0) is 21.1. The Balaban J connectivity index is 1.73. The van der Waals surface area contributed by atoms with Gasteiger partial charge in [-0.25, -0.2) is 4.68 Å². The first-order valence-electron chi connectivity index (χ1n) is 9.07. The summed E-state index contributed by atoms with van der Waals surface area (Å²) in [5.41, 5.74) is 3.30. The first kappa shape index (κ1) is 20.0. The number of rotatable bonds is 5. The Bertz CT molecular complexity index is 1180. The number of aromatic nitrogens is 5. The van der Waals surface area contributed by atoms with Crippen LogP contribution in [-0.4, -0.2) is 31.1 Å². The second kappa shape index (κ2) is 8.61. The van der Waals surface area contributed by atoms with Crippen molar-refractivity contribution in [1.29, 1.82) is 0 Å². The molecule has 1 N–H and O–H groups in total. The van der Waals surface area contributed by atoms with Gasteiger partial charge in [0, 0.05) is 27.4 Å². The molecular weight excluding hydrogens is 423 g/mol. The Morgan fingerprint density at radius 1 is 1.10 bits per heavy atom. The van der Waals surface area contributed by atoms with E-state index in [0.717, 1.165) is 16.8 Å². The minimum atomic E-state index is -0.266. The fourth-order valence-corrected chi connectivity index (χ4v) is 3.54. The van der Waals surface area contributed by atoms with Crippen molar-refractivity contribution in [3.05, 3.63) is 88.4 Å². The molecule has 0 saturated carbocycles. The number of tetrazole rings is 1. The standard InChI is InChI=1S/C21H16Cl2N6O/c1-13(20-4-2-3-7-24-20)26-21(30)15-8-14(18-6-5-16(22)11-19(18)23)9-17(10-15)29-12-25-27-28-29/h2-13H,1H3,(H,26,30). The van der Waals surface area contributed by atoms with Crippen LogP contribution in [0.25, 0.3) is 16.8 Å². The van der Waals surface area contributed by atoms with E-state index in [4.69, 9.17) is 23.2 Å². The van der Waals surface area contributed by atoms with Crippen molar-refractivity contribution in [2.75, 3.05) is 0 Å². The Morgan fingerprint density at radius 3 is 2.67 bits per heavy atom. The third kappa shape index (κ3) is 4.32. The maximum Gasteiger partial charge on any atom is 0.251 e. The summed E-state index contributed by atoms with van der Waals surface area (Å²) in [6, 6.07) is 15.8. The highest BCUT2D eigenvalue weighted by Crippen LogP contribution is 2.32. The van der Waals surface area contributed by atoms with Crippen molar-refractivity contribution in [2.45, 2.75) is 13.0 Å². The molecular formula is C21H16Cl2N6O. The van der Waals surface area contributed by atoms with Crippen molar-refractivity contribution in [3.8, 4) is 16.8 Å². The van der Waals surface area contributed by atoms with Gasteiger partial charge in [-0.05, 0) is 65.4 Å². The number of hydrogen-bond donors (Lipinski definition) is 1. The van der Waals surface area contributed by atoms with Gasteiger partial charge >= 0.3 is 0 Å². The highest BCUT2D eigenvalue weighted by molar-refractivity contribution is 6.36. The summed E-state index contributed by atoms with van der Waals surface area (Å²) >= 11 is 12.4. The van der Waals surface area contributed by atoms with Gasteiger partial charge in [0.15, 0.2) is 0 Å². The lowest BCUT2D eigenvalue weighted by molar-refractivity contribution is 0.0939. The fraction of sp³-hybridized carbons (Fsp3) is 0.0952. The Kier molecular flexibility index (Phi) is 5.74. The van der Waals surface area contributed by atoms with Crippen LogP contribution < -0.4 is 5.32 Å². The predicted octanol–water partition coefficient (Wildman–Crippen LogP) is 4.52. The highest BCUT2D eigenvalue weighted by atomic mass is 35.5. The molecule has 0 radical (unpaired) electrons. The van der Waals surface area contributed by atoms with Crippen LogP contribution in [0.3, 0.4) is 0 Å². The van der Waals surface area contributed by atoms with Gasteiger partial charge in [0.2, 0.25) is 0 Å². The van der Waals surface area contributed by atoms with Crippen LogP contribution in [0.15, 0.2) is 67.1 Å². The van der Waals surface area contributed by atoms with E-state index in [0.29, 0.717) is 21.3 Å². The second-order valence-electron chi connectivity index (χ2n) is 6.60. The molecule has 0 aliphatic heterocycles. The number of benzene rings is 2. The fourth-order valence-electron chi connectivity index (χ4n) is 3.02. The zero-order valence-electron chi connectivity index (χ0n) is 15.8. The second-order valence-corrected chi connectivity index (χ2v) is 7.44. The van der Waals surface area contributed by atoms with E-state index in [2.05, 4.69) is 25.8 Å². The quantitative estimate of drug-likeness (QED) is 0.494. The number of carbonyl (C=O) groups excluding carboxylic acids is 1. The summed E-state index contributed by atoms with van der Waals surface area (Å²) in [5, 5.41) is 15.2. The average molecular weight is 439 g/mol. The molecule has 2 heterocycles. The molecule has 0 spiro atoms. The topological polar surface area (TPSA) is 85.6 Å². The number of hydrogen-bond acceptors (Lipinski definition) is 5. The number of nitrogens with zero attached hydrogens (tertiary/aromatic N) is 5. The zero-order valence-corrected chi connectivity index (χ0v) is 17.3. The third-order valence-electron chi connectivity index (χ3n) is 4.51. The Labute approximate surface area is 182 Å². The lowest BCUT2D eigenvalue weighted by Crippen LogP contribution is -2.27. The van der Waals surface area contributed by atoms with Crippen LogP contribution in [-0.2, 0) is 0 Å². The van der Waals surface area contributed by atoms with E-state index in [9.17, 15) is 4.79 Å². The first-order chi connectivity index (χ1) is 14.5. The number of amides is 1. The normalized spacial score (nSPS) is 11.8. The third-order valence-corrected chi connectivity index (χ3v) is 5.06. The minimum absolute atomic E-state index is 0.255. The Morgan fingerprint density at radius 2 is 1.97 bits per heavy atom. The van der Waals surface area contributed by atoms with E-state index in [-0.39, 0.29) is 11.9 Å². The molecule has 2 aromatic carbocycles. The van der Waals surface area contributed by atoms with Gasteiger partial charge in [0.05, 0.1) is 17.4 Å². The predicted molar refractivity (Wildman–Crippen MR) is 115 cm³/mol. The van der Waals surface area contributed by atoms with Gasteiger partial charge in [0.25, 0.3) is 5.91 Å². The van der Waals surface area contributed by atoms with Gasteiger partial charge < -0.3 is 5.32 Å². The van der Waals surface area contributed by atoms with Crippen molar-refractivity contribution in [2.24, 2.45) is 0 Å².